The molecule has 11 heavy (non-hydrogen) atoms. The van der Waals surface area contributed by atoms with Crippen LogP contribution in [0.4, 0.5) is 4.39 Å². The number of alkyl halides is 1. The van der Waals surface area contributed by atoms with Crippen LogP contribution in [0.2, 0.25) is 0 Å². The van der Waals surface area contributed by atoms with Gasteiger partial charge in [0.05, 0.1) is 0 Å². The molecule has 0 aromatic rings. The van der Waals surface area contributed by atoms with Gasteiger partial charge in [0.1, 0.15) is 0 Å². The Morgan fingerprint density at radius 3 is 2.36 bits per heavy atom. The maximum atomic E-state index is 13.0. The third kappa shape index (κ3) is 3.96. The maximum Gasteiger partial charge on any atom is 0.341 e. The van der Waals surface area contributed by atoms with Crippen LogP contribution in [0.5, 0.6) is 0 Å². The van der Waals surface area contributed by atoms with Gasteiger partial charge in [-0.2, -0.15) is 0 Å². The molecule has 0 bridgehead atoms. The highest BCUT2D eigenvalue weighted by Crippen LogP contribution is 2.20. The van der Waals surface area contributed by atoms with Crippen molar-refractivity contribution in [2.45, 2.75) is 39.3 Å². The molecule has 0 radical (unpaired) electrons. The Morgan fingerprint density at radius 1 is 1.64 bits per heavy atom. The summed E-state index contributed by atoms with van der Waals surface area (Å²) < 4.78 is 13.0. The number of hydrogen-bond donors (Lipinski definition) is 1. The zero-order valence-electron chi connectivity index (χ0n) is 7.22. The minimum absolute atomic E-state index is 0.0972. The second-order valence-corrected chi connectivity index (χ2v) is 3.44. The van der Waals surface area contributed by atoms with Crippen LogP contribution in [0, 0.1) is 5.92 Å². The molecule has 66 valence electrons. The molecule has 0 aliphatic heterocycles. The van der Waals surface area contributed by atoms with E-state index in [-0.39, 0.29) is 6.42 Å². The van der Waals surface area contributed by atoms with Crippen LogP contribution < -0.4 is 0 Å². The summed E-state index contributed by atoms with van der Waals surface area (Å²) in [6.07, 6.45) is 0.708. The number of hydrogen-bond acceptors (Lipinski definition) is 1. The van der Waals surface area contributed by atoms with Gasteiger partial charge in [0, 0.05) is 0 Å². The van der Waals surface area contributed by atoms with E-state index in [2.05, 4.69) is 0 Å². The van der Waals surface area contributed by atoms with Crippen molar-refractivity contribution >= 4 is 5.97 Å². The molecular weight excluding hydrogens is 147 g/mol. The molecule has 0 amide bonds. The summed E-state index contributed by atoms with van der Waals surface area (Å²) in [6, 6.07) is 0. The molecule has 1 unspecified atom stereocenters. The van der Waals surface area contributed by atoms with E-state index in [0.717, 1.165) is 6.92 Å². The van der Waals surface area contributed by atoms with E-state index < -0.39 is 11.6 Å². The quantitative estimate of drug-likeness (QED) is 0.688. The van der Waals surface area contributed by atoms with Crippen molar-refractivity contribution < 1.29 is 14.3 Å². The molecule has 0 heterocycles. The Bertz CT molecular complexity index is 141. The fourth-order valence-electron chi connectivity index (χ4n) is 0.667. The Kier molecular flexibility index (Phi) is 3.49. The molecule has 1 atom stereocenters. The Hall–Kier alpha value is -0.600. The lowest BCUT2D eigenvalue weighted by molar-refractivity contribution is -0.150. The minimum Gasteiger partial charge on any atom is -0.479 e. The van der Waals surface area contributed by atoms with E-state index in [0.29, 0.717) is 12.3 Å². The number of halogens is 1. The van der Waals surface area contributed by atoms with Crippen molar-refractivity contribution in [2.75, 3.05) is 0 Å². The highest BCUT2D eigenvalue weighted by Gasteiger charge is 2.32. The van der Waals surface area contributed by atoms with Crippen LogP contribution in [0.3, 0.4) is 0 Å². The van der Waals surface area contributed by atoms with E-state index in [1.54, 1.807) is 0 Å². The first-order chi connectivity index (χ1) is 4.86. The first-order valence-electron chi connectivity index (χ1n) is 3.78. The minimum atomic E-state index is -2.05. The smallest absolute Gasteiger partial charge is 0.341 e. The van der Waals surface area contributed by atoms with Gasteiger partial charge >= 0.3 is 5.97 Å². The number of rotatable bonds is 4. The topological polar surface area (TPSA) is 37.3 Å². The summed E-state index contributed by atoms with van der Waals surface area (Å²) in [7, 11) is 0. The van der Waals surface area contributed by atoms with E-state index in [4.69, 9.17) is 5.11 Å². The Morgan fingerprint density at radius 2 is 2.09 bits per heavy atom. The molecule has 0 saturated carbocycles. The molecular formula is C8H15FO2. The second-order valence-electron chi connectivity index (χ2n) is 3.44. The van der Waals surface area contributed by atoms with Crippen molar-refractivity contribution in [1.29, 1.82) is 0 Å². The Labute approximate surface area is 66.4 Å². The SMILES string of the molecule is CC(C)CCC(C)(F)C(=O)O. The average molecular weight is 162 g/mol. The first kappa shape index (κ1) is 10.4. The van der Waals surface area contributed by atoms with Crippen molar-refractivity contribution in [3.05, 3.63) is 0 Å². The summed E-state index contributed by atoms with van der Waals surface area (Å²) in [6.45, 7) is 4.99. The summed E-state index contributed by atoms with van der Waals surface area (Å²) in [5.41, 5.74) is -2.05. The lowest BCUT2D eigenvalue weighted by Crippen LogP contribution is -2.29. The first-order valence-corrected chi connectivity index (χ1v) is 3.78. The van der Waals surface area contributed by atoms with Crippen molar-refractivity contribution in [1.82, 2.24) is 0 Å². The van der Waals surface area contributed by atoms with E-state index in [1.807, 2.05) is 13.8 Å². The monoisotopic (exact) mass is 162 g/mol. The van der Waals surface area contributed by atoms with E-state index in [9.17, 15) is 9.18 Å². The van der Waals surface area contributed by atoms with Gasteiger partial charge in [0.25, 0.3) is 0 Å². The molecule has 0 aliphatic rings. The van der Waals surface area contributed by atoms with Crippen LogP contribution in [-0.4, -0.2) is 16.7 Å². The Balaban J connectivity index is 3.83. The van der Waals surface area contributed by atoms with E-state index >= 15 is 0 Å². The zero-order chi connectivity index (χ0) is 9.07. The summed E-state index contributed by atoms with van der Waals surface area (Å²) in [4.78, 5) is 10.3. The number of carboxylic acids is 1. The van der Waals surface area contributed by atoms with Gasteiger partial charge in [-0.05, 0) is 25.7 Å². The molecule has 0 rings (SSSR count). The zero-order valence-corrected chi connectivity index (χ0v) is 7.22. The maximum absolute atomic E-state index is 13.0. The van der Waals surface area contributed by atoms with Crippen LogP contribution in [0.15, 0.2) is 0 Å². The van der Waals surface area contributed by atoms with Crippen LogP contribution >= 0.6 is 0 Å². The number of aliphatic carboxylic acids is 1. The highest BCUT2D eigenvalue weighted by molar-refractivity contribution is 5.76. The predicted molar refractivity (Wildman–Crippen MR) is 41.2 cm³/mol. The van der Waals surface area contributed by atoms with Gasteiger partial charge in [-0.3, -0.25) is 0 Å². The average Bonchev–Trinajstić information content (AvgIpc) is 1.84. The molecule has 3 heteroatoms. The fourth-order valence-corrected chi connectivity index (χ4v) is 0.667. The third-order valence-electron chi connectivity index (χ3n) is 1.64. The molecule has 0 spiro atoms. The van der Waals surface area contributed by atoms with Crippen molar-refractivity contribution in [2.24, 2.45) is 5.92 Å². The van der Waals surface area contributed by atoms with Crippen molar-refractivity contribution in [3.8, 4) is 0 Å². The number of carbonyl (C=O) groups is 1. The van der Waals surface area contributed by atoms with Gasteiger partial charge in [-0.1, -0.05) is 13.8 Å². The highest BCUT2D eigenvalue weighted by atomic mass is 19.1. The van der Waals surface area contributed by atoms with Crippen LogP contribution in [-0.2, 0) is 4.79 Å². The van der Waals surface area contributed by atoms with Gasteiger partial charge in [0.2, 0.25) is 5.67 Å². The fraction of sp³-hybridized carbons (Fsp3) is 0.875. The van der Waals surface area contributed by atoms with Gasteiger partial charge in [-0.25, -0.2) is 9.18 Å². The van der Waals surface area contributed by atoms with Gasteiger partial charge < -0.3 is 5.11 Å². The van der Waals surface area contributed by atoms with Crippen LogP contribution in [0.1, 0.15) is 33.6 Å². The molecule has 1 N–H and O–H groups in total. The van der Waals surface area contributed by atoms with Gasteiger partial charge in [-0.15, -0.1) is 0 Å². The molecule has 0 aliphatic carbocycles. The molecule has 0 fully saturated rings. The standard InChI is InChI=1S/C8H15FO2/c1-6(2)4-5-8(3,9)7(10)11/h6H,4-5H2,1-3H3,(H,10,11). The largest absolute Gasteiger partial charge is 0.479 e. The molecule has 2 nitrogen and oxygen atoms in total. The summed E-state index contributed by atoms with van der Waals surface area (Å²) in [5.74, 6) is -1.01. The van der Waals surface area contributed by atoms with E-state index in [1.165, 1.54) is 0 Å². The normalized spacial score (nSPS) is 16.5. The molecule has 0 saturated heterocycles. The molecule has 0 aromatic heterocycles. The second kappa shape index (κ2) is 3.69. The van der Waals surface area contributed by atoms with Gasteiger partial charge in [0.15, 0.2) is 0 Å². The molecule has 0 aromatic carbocycles. The summed E-state index contributed by atoms with van der Waals surface area (Å²) >= 11 is 0. The lowest BCUT2D eigenvalue weighted by Gasteiger charge is -2.15. The lowest BCUT2D eigenvalue weighted by atomic mass is 9.97. The van der Waals surface area contributed by atoms with Crippen molar-refractivity contribution in [3.63, 3.8) is 0 Å². The van der Waals surface area contributed by atoms with Crippen LogP contribution in [0.25, 0.3) is 0 Å². The third-order valence-corrected chi connectivity index (χ3v) is 1.64. The predicted octanol–water partition coefficient (Wildman–Crippen LogP) is 2.24. The number of carboxylic acid groups (broad SMARTS) is 1. The summed E-state index contributed by atoms with van der Waals surface area (Å²) in [5, 5.41) is 8.38.